The molecule has 1 aliphatic carbocycles. The molecular formula is C23H37N7O2. The summed E-state index contributed by atoms with van der Waals surface area (Å²) in [6.07, 6.45) is 10.5. The van der Waals surface area contributed by atoms with Crippen LogP contribution in [0.5, 0.6) is 0 Å². The highest BCUT2D eigenvalue weighted by molar-refractivity contribution is 6.04. The lowest BCUT2D eigenvalue weighted by atomic mass is 9.93. The molecule has 1 atom stereocenters. The maximum atomic E-state index is 13.0. The zero-order valence-electron chi connectivity index (χ0n) is 19.4. The Balaban J connectivity index is 1.40. The van der Waals surface area contributed by atoms with E-state index in [1.54, 1.807) is 11.1 Å². The number of hydrogen-bond donors (Lipinski definition) is 2. The van der Waals surface area contributed by atoms with Gasteiger partial charge in [0, 0.05) is 19.6 Å². The van der Waals surface area contributed by atoms with Gasteiger partial charge in [0.2, 0.25) is 17.8 Å². The molecule has 1 unspecified atom stereocenters. The Hall–Kier alpha value is -2.42. The normalized spacial score (nSPS) is 22.9. The molecular weight excluding hydrogens is 406 g/mol. The molecule has 9 heteroatoms. The molecule has 4 rings (SSSR count). The fourth-order valence-electron chi connectivity index (χ4n) is 5.51. The summed E-state index contributed by atoms with van der Waals surface area (Å²) in [6.45, 7) is 5.12. The molecule has 0 aromatic carbocycles. The number of fused-ring (bicyclic) bond motifs is 1. The van der Waals surface area contributed by atoms with Crippen LogP contribution in [0.15, 0.2) is 6.20 Å². The highest BCUT2D eigenvalue weighted by Crippen LogP contribution is 2.39. The number of hydrogen-bond acceptors (Lipinski definition) is 7. The van der Waals surface area contributed by atoms with Crippen molar-refractivity contribution in [3.63, 3.8) is 0 Å². The van der Waals surface area contributed by atoms with Gasteiger partial charge in [-0.15, -0.1) is 0 Å². The average molecular weight is 444 g/mol. The van der Waals surface area contributed by atoms with Gasteiger partial charge >= 0.3 is 0 Å². The van der Waals surface area contributed by atoms with E-state index in [1.807, 2.05) is 7.05 Å². The Labute approximate surface area is 190 Å². The number of aromatic nitrogens is 2. The highest BCUT2D eigenvalue weighted by Gasteiger charge is 2.41. The monoisotopic (exact) mass is 443 g/mol. The largest absolute Gasteiger partial charge is 0.369 e. The van der Waals surface area contributed by atoms with E-state index in [1.165, 1.54) is 12.8 Å². The second-order valence-electron chi connectivity index (χ2n) is 9.47. The van der Waals surface area contributed by atoms with Crippen LogP contribution in [0, 0.1) is 5.92 Å². The van der Waals surface area contributed by atoms with Crippen LogP contribution in [0.4, 0.5) is 17.5 Å². The molecule has 1 aromatic heterocycles. The van der Waals surface area contributed by atoms with Crippen LogP contribution in [0.25, 0.3) is 0 Å². The first kappa shape index (κ1) is 22.8. The van der Waals surface area contributed by atoms with Crippen molar-refractivity contribution in [3.05, 3.63) is 6.20 Å². The van der Waals surface area contributed by atoms with Gasteiger partial charge in [-0.05, 0) is 57.5 Å². The van der Waals surface area contributed by atoms with Gasteiger partial charge in [0.1, 0.15) is 11.7 Å². The number of nitrogens with zero attached hydrogens (tertiary/aromatic N) is 5. The van der Waals surface area contributed by atoms with Gasteiger partial charge in [-0.3, -0.25) is 14.5 Å². The van der Waals surface area contributed by atoms with Crippen LogP contribution in [-0.4, -0.2) is 72.0 Å². The van der Waals surface area contributed by atoms with E-state index in [0.29, 0.717) is 24.5 Å². The molecule has 1 aromatic rings. The number of anilines is 3. The molecule has 0 spiro atoms. The quantitative estimate of drug-likeness (QED) is 0.632. The van der Waals surface area contributed by atoms with Crippen LogP contribution >= 0.6 is 0 Å². The number of carbonyl (C=O) groups excluding carboxylic acids is 2. The zero-order chi connectivity index (χ0) is 22.7. The number of likely N-dealkylation sites (tertiary alicyclic amines) is 1. The third-order valence-electron chi connectivity index (χ3n) is 7.33. The molecule has 9 nitrogen and oxygen atoms in total. The minimum atomic E-state index is -0.251. The third kappa shape index (κ3) is 4.82. The zero-order valence-corrected chi connectivity index (χ0v) is 19.4. The van der Waals surface area contributed by atoms with E-state index in [9.17, 15) is 9.59 Å². The van der Waals surface area contributed by atoms with Crippen molar-refractivity contribution in [3.8, 4) is 0 Å². The maximum Gasteiger partial charge on any atom is 0.249 e. The van der Waals surface area contributed by atoms with E-state index in [2.05, 4.69) is 27.0 Å². The van der Waals surface area contributed by atoms with Gasteiger partial charge in [0.05, 0.1) is 12.7 Å². The van der Waals surface area contributed by atoms with Crippen molar-refractivity contribution in [2.24, 2.45) is 11.7 Å². The summed E-state index contributed by atoms with van der Waals surface area (Å²) < 4.78 is 0. The molecule has 2 fully saturated rings. The third-order valence-corrected chi connectivity index (χ3v) is 7.33. The van der Waals surface area contributed by atoms with E-state index in [-0.39, 0.29) is 17.9 Å². The van der Waals surface area contributed by atoms with Crippen LogP contribution in [-0.2, 0) is 9.59 Å². The molecule has 3 aliphatic rings. The molecule has 176 valence electrons. The van der Waals surface area contributed by atoms with Gasteiger partial charge in [-0.2, -0.15) is 4.98 Å². The van der Waals surface area contributed by atoms with Gasteiger partial charge in [0.25, 0.3) is 0 Å². The summed E-state index contributed by atoms with van der Waals surface area (Å²) in [7, 11) is 1.83. The number of rotatable bonds is 8. The number of carbonyl (C=O) groups is 2. The predicted molar refractivity (Wildman–Crippen MR) is 126 cm³/mol. The molecule has 32 heavy (non-hydrogen) atoms. The second kappa shape index (κ2) is 10.0. The van der Waals surface area contributed by atoms with Crippen molar-refractivity contribution in [1.82, 2.24) is 14.9 Å². The Morgan fingerprint density at radius 2 is 1.94 bits per heavy atom. The van der Waals surface area contributed by atoms with Gasteiger partial charge in [-0.25, -0.2) is 4.98 Å². The van der Waals surface area contributed by atoms with E-state index in [4.69, 9.17) is 10.7 Å². The molecule has 1 saturated carbocycles. The number of piperidine rings is 1. The topological polar surface area (TPSA) is 108 Å². The molecule has 1 saturated heterocycles. The van der Waals surface area contributed by atoms with Crippen molar-refractivity contribution in [2.45, 2.75) is 70.4 Å². The van der Waals surface area contributed by atoms with Crippen molar-refractivity contribution in [1.29, 1.82) is 0 Å². The van der Waals surface area contributed by atoms with E-state index in [0.717, 1.165) is 69.7 Å². The number of nitrogens with two attached hydrogens (primary N) is 1. The standard InChI is InChI=1S/C23H37N7O2/c1-3-18-22(32)28(2)19-14-26-23(27-21(19)30(18)17-6-4-5-7-17)25-11-8-16-9-12-29(13-10-16)15-20(24)31/h14,16-18H,3-13,15H2,1-2H3,(H2,24,31)(H,25,26,27). The van der Waals surface area contributed by atoms with Crippen molar-refractivity contribution < 1.29 is 9.59 Å². The Morgan fingerprint density at radius 1 is 1.22 bits per heavy atom. The van der Waals surface area contributed by atoms with Gasteiger partial charge in [0.15, 0.2) is 5.82 Å². The SMILES string of the molecule is CCC1C(=O)N(C)c2cnc(NCCC3CCN(CC(N)=O)CC3)nc2N1C1CCCC1. The van der Waals surface area contributed by atoms with Crippen LogP contribution in [0.2, 0.25) is 0 Å². The number of nitrogens with one attached hydrogen (secondary N) is 1. The minimum absolute atomic E-state index is 0.138. The maximum absolute atomic E-state index is 13.0. The molecule has 0 bridgehead atoms. The average Bonchev–Trinajstić information content (AvgIpc) is 3.31. The smallest absolute Gasteiger partial charge is 0.249 e. The predicted octanol–water partition coefficient (Wildman–Crippen LogP) is 1.98. The summed E-state index contributed by atoms with van der Waals surface area (Å²) >= 11 is 0. The Bertz CT molecular complexity index is 819. The molecule has 0 radical (unpaired) electrons. The van der Waals surface area contributed by atoms with Crippen LogP contribution in [0.3, 0.4) is 0 Å². The summed E-state index contributed by atoms with van der Waals surface area (Å²) in [5, 5.41) is 3.42. The van der Waals surface area contributed by atoms with Crippen LogP contribution in [0.1, 0.15) is 58.3 Å². The summed E-state index contributed by atoms with van der Waals surface area (Å²) in [5.74, 6) is 2.05. The Morgan fingerprint density at radius 3 is 2.59 bits per heavy atom. The summed E-state index contributed by atoms with van der Waals surface area (Å²) in [5.41, 5.74) is 6.11. The number of primary amides is 1. The summed E-state index contributed by atoms with van der Waals surface area (Å²) in [4.78, 5) is 39.6. The van der Waals surface area contributed by atoms with E-state index >= 15 is 0 Å². The first-order chi connectivity index (χ1) is 15.5. The fraction of sp³-hybridized carbons (Fsp3) is 0.739. The Kier molecular flexibility index (Phi) is 7.13. The lowest BCUT2D eigenvalue weighted by molar-refractivity contribution is -0.120. The first-order valence-electron chi connectivity index (χ1n) is 12.2. The van der Waals surface area contributed by atoms with E-state index < -0.39 is 0 Å². The lowest BCUT2D eigenvalue weighted by Crippen LogP contribution is -2.55. The molecule has 2 aliphatic heterocycles. The highest BCUT2D eigenvalue weighted by atomic mass is 16.2. The lowest BCUT2D eigenvalue weighted by Gasteiger charge is -2.43. The van der Waals surface area contributed by atoms with Crippen molar-refractivity contribution >= 4 is 29.3 Å². The van der Waals surface area contributed by atoms with Gasteiger partial charge in [-0.1, -0.05) is 19.8 Å². The number of likely N-dealkylation sites (N-methyl/N-ethyl adjacent to an activating group) is 1. The second-order valence-corrected chi connectivity index (χ2v) is 9.47. The fourth-order valence-corrected chi connectivity index (χ4v) is 5.51. The van der Waals surface area contributed by atoms with Crippen LogP contribution < -0.4 is 20.9 Å². The van der Waals surface area contributed by atoms with Crippen molar-refractivity contribution in [2.75, 3.05) is 48.3 Å². The van der Waals surface area contributed by atoms with Gasteiger partial charge < -0.3 is 20.9 Å². The minimum Gasteiger partial charge on any atom is -0.369 e. The number of amides is 2. The molecule has 3 N–H and O–H groups in total. The summed E-state index contributed by atoms with van der Waals surface area (Å²) in [6, 6.07) is 0.230. The molecule has 2 amide bonds. The first-order valence-corrected chi connectivity index (χ1v) is 12.2. The molecule has 3 heterocycles.